The molecule has 2 rings (SSSR count). The van der Waals surface area contributed by atoms with Crippen molar-refractivity contribution in [2.45, 2.75) is 26.9 Å². The Balaban J connectivity index is 1.86. The molecule has 0 aliphatic heterocycles. The molecule has 2 aromatic carbocycles. The van der Waals surface area contributed by atoms with Gasteiger partial charge in [-0.05, 0) is 50.6 Å². The molecule has 0 fully saturated rings. The van der Waals surface area contributed by atoms with Crippen LogP contribution in [0.2, 0.25) is 5.02 Å². The van der Waals surface area contributed by atoms with Gasteiger partial charge in [0, 0.05) is 5.69 Å². The summed E-state index contributed by atoms with van der Waals surface area (Å²) < 4.78 is 15.6. The van der Waals surface area contributed by atoms with E-state index in [1.807, 2.05) is 26.0 Å². The fourth-order valence-electron chi connectivity index (χ4n) is 2.37. The molecule has 1 atom stereocenters. The van der Waals surface area contributed by atoms with Crippen molar-refractivity contribution in [1.29, 1.82) is 0 Å². The van der Waals surface area contributed by atoms with Crippen molar-refractivity contribution < 1.29 is 23.8 Å². The van der Waals surface area contributed by atoms with Crippen LogP contribution >= 0.6 is 11.6 Å². The Morgan fingerprint density at radius 3 is 2.44 bits per heavy atom. The molecule has 0 saturated heterocycles. The van der Waals surface area contributed by atoms with E-state index in [9.17, 15) is 9.59 Å². The van der Waals surface area contributed by atoms with Crippen molar-refractivity contribution in [2.75, 3.05) is 19.0 Å². The summed E-state index contributed by atoms with van der Waals surface area (Å²) in [6, 6.07) is 10.5. The number of anilines is 1. The van der Waals surface area contributed by atoms with E-state index >= 15 is 0 Å². The van der Waals surface area contributed by atoms with E-state index in [0.29, 0.717) is 22.2 Å². The normalized spacial score (nSPS) is 11.4. The lowest BCUT2D eigenvalue weighted by atomic mass is 10.1. The van der Waals surface area contributed by atoms with E-state index in [-0.39, 0.29) is 6.61 Å². The van der Waals surface area contributed by atoms with Gasteiger partial charge in [0.05, 0.1) is 12.1 Å². The number of methoxy groups -OCH3 is 1. The molecule has 1 amide bonds. The molecule has 1 N–H and O–H groups in total. The van der Waals surface area contributed by atoms with Crippen molar-refractivity contribution in [1.82, 2.24) is 0 Å². The van der Waals surface area contributed by atoms with Gasteiger partial charge >= 0.3 is 5.97 Å². The molecule has 0 bridgehead atoms. The maximum Gasteiger partial charge on any atom is 0.344 e. The van der Waals surface area contributed by atoms with Crippen LogP contribution in [-0.4, -0.2) is 31.7 Å². The van der Waals surface area contributed by atoms with Crippen LogP contribution in [0.5, 0.6) is 11.5 Å². The van der Waals surface area contributed by atoms with Crippen molar-refractivity contribution in [2.24, 2.45) is 0 Å². The summed E-state index contributed by atoms with van der Waals surface area (Å²) in [5, 5.41) is 2.99. The zero-order valence-electron chi connectivity index (χ0n) is 15.7. The fraction of sp³-hybridized carbons (Fsp3) is 0.300. The van der Waals surface area contributed by atoms with Gasteiger partial charge < -0.3 is 19.5 Å². The summed E-state index contributed by atoms with van der Waals surface area (Å²) in [5.41, 5.74) is 2.50. The molecule has 27 heavy (non-hydrogen) atoms. The number of nitrogens with one attached hydrogen (secondary N) is 1. The van der Waals surface area contributed by atoms with Crippen LogP contribution in [0, 0.1) is 13.8 Å². The summed E-state index contributed by atoms with van der Waals surface area (Å²) in [6.45, 7) is 5.07. The predicted octanol–water partition coefficient (Wildman–Crippen LogP) is 3.91. The maximum atomic E-state index is 12.2. The molecule has 6 nitrogen and oxygen atoms in total. The highest BCUT2D eigenvalue weighted by Crippen LogP contribution is 2.27. The minimum absolute atomic E-state index is 0.282. The first-order chi connectivity index (χ1) is 12.8. The van der Waals surface area contributed by atoms with Crippen molar-refractivity contribution >= 4 is 29.2 Å². The van der Waals surface area contributed by atoms with Crippen LogP contribution in [0.25, 0.3) is 0 Å². The van der Waals surface area contributed by atoms with Gasteiger partial charge in [-0.25, -0.2) is 4.79 Å². The van der Waals surface area contributed by atoms with Crippen molar-refractivity contribution in [3.63, 3.8) is 0 Å². The number of esters is 1. The monoisotopic (exact) mass is 391 g/mol. The van der Waals surface area contributed by atoms with Gasteiger partial charge in [0.15, 0.2) is 12.7 Å². The fourth-order valence-corrected chi connectivity index (χ4v) is 2.63. The molecule has 0 aliphatic rings. The number of ether oxygens (including phenoxy) is 3. The second-order valence-electron chi connectivity index (χ2n) is 6.03. The molecule has 144 valence electrons. The summed E-state index contributed by atoms with van der Waals surface area (Å²) in [7, 11) is 1.50. The molecule has 0 aromatic heterocycles. The highest BCUT2D eigenvalue weighted by molar-refractivity contribution is 6.32. The van der Waals surface area contributed by atoms with Gasteiger partial charge in [0.2, 0.25) is 0 Å². The first kappa shape index (κ1) is 20.6. The first-order valence-electron chi connectivity index (χ1n) is 8.34. The lowest BCUT2D eigenvalue weighted by Gasteiger charge is -2.15. The van der Waals surface area contributed by atoms with Gasteiger partial charge in [-0.3, -0.25) is 4.79 Å². The highest BCUT2D eigenvalue weighted by atomic mass is 35.5. The van der Waals surface area contributed by atoms with E-state index in [4.69, 9.17) is 25.8 Å². The molecule has 7 heteroatoms. The van der Waals surface area contributed by atoms with Crippen molar-refractivity contribution in [3.8, 4) is 11.5 Å². The van der Waals surface area contributed by atoms with Crippen LogP contribution in [0.15, 0.2) is 36.4 Å². The number of halogens is 1. The number of benzene rings is 2. The lowest BCUT2D eigenvalue weighted by molar-refractivity contribution is -0.155. The Morgan fingerprint density at radius 1 is 1.11 bits per heavy atom. The number of hydrogen-bond acceptors (Lipinski definition) is 5. The maximum absolute atomic E-state index is 12.2. The number of amides is 1. The van der Waals surface area contributed by atoms with Crippen LogP contribution in [-0.2, 0) is 14.3 Å². The van der Waals surface area contributed by atoms with E-state index < -0.39 is 18.0 Å². The summed E-state index contributed by atoms with van der Waals surface area (Å²) in [4.78, 5) is 24.1. The lowest BCUT2D eigenvalue weighted by Crippen LogP contribution is -2.31. The van der Waals surface area contributed by atoms with E-state index in [2.05, 4.69) is 5.32 Å². The minimum atomic E-state index is -0.985. The minimum Gasteiger partial charge on any atom is -0.495 e. The molecular weight excluding hydrogens is 370 g/mol. The third kappa shape index (κ3) is 5.89. The Hall–Kier alpha value is -2.73. The van der Waals surface area contributed by atoms with Gasteiger partial charge in [-0.1, -0.05) is 29.3 Å². The molecule has 2 aromatic rings. The average Bonchev–Trinajstić information content (AvgIpc) is 2.61. The summed E-state index contributed by atoms with van der Waals surface area (Å²) >= 11 is 6.02. The second kappa shape index (κ2) is 9.28. The second-order valence-corrected chi connectivity index (χ2v) is 6.44. The molecule has 0 saturated carbocycles. The highest BCUT2D eigenvalue weighted by Gasteiger charge is 2.19. The number of carbonyl (C=O) groups excluding carboxylic acids is 2. The molecule has 0 heterocycles. The van der Waals surface area contributed by atoms with Crippen LogP contribution in [0.1, 0.15) is 18.1 Å². The smallest absolute Gasteiger partial charge is 0.344 e. The van der Waals surface area contributed by atoms with Gasteiger partial charge in [-0.15, -0.1) is 0 Å². The SMILES string of the molecule is COc1ccc(NC(=O)[C@@H](C)OC(=O)COc2ccc(C)cc2C)cc1Cl. The largest absolute Gasteiger partial charge is 0.495 e. The number of hydrogen-bond donors (Lipinski definition) is 1. The third-order valence-corrected chi connectivity index (χ3v) is 4.07. The molecule has 0 aliphatic carbocycles. The van der Waals surface area contributed by atoms with E-state index in [1.165, 1.54) is 14.0 Å². The van der Waals surface area contributed by atoms with Gasteiger partial charge in [-0.2, -0.15) is 0 Å². The van der Waals surface area contributed by atoms with Crippen LogP contribution < -0.4 is 14.8 Å². The van der Waals surface area contributed by atoms with Crippen LogP contribution in [0.4, 0.5) is 5.69 Å². The number of carbonyl (C=O) groups is 2. The third-order valence-electron chi connectivity index (χ3n) is 3.77. The quantitative estimate of drug-likeness (QED) is 0.724. The van der Waals surface area contributed by atoms with E-state index in [1.54, 1.807) is 24.3 Å². The number of rotatable bonds is 7. The van der Waals surface area contributed by atoms with Crippen LogP contribution in [0.3, 0.4) is 0 Å². The molecule has 0 unspecified atom stereocenters. The van der Waals surface area contributed by atoms with Crippen molar-refractivity contribution in [3.05, 3.63) is 52.5 Å². The van der Waals surface area contributed by atoms with E-state index in [0.717, 1.165) is 11.1 Å². The zero-order chi connectivity index (χ0) is 20.0. The Kier molecular flexibility index (Phi) is 7.07. The van der Waals surface area contributed by atoms with Gasteiger partial charge in [0.25, 0.3) is 5.91 Å². The topological polar surface area (TPSA) is 73.9 Å². The first-order valence-corrected chi connectivity index (χ1v) is 8.72. The van der Waals surface area contributed by atoms with Gasteiger partial charge in [0.1, 0.15) is 11.5 Å². The zero-order valence-corrected chi connectivity index (χ0v) is 16.4. The Morgan fingerprint density at radius 2 is 1.81 bits per heavy atom. The summed E-state index contributed by atoms with van der Waals surface area (Å²) in [6.07, 6.45) is -0.985. The molecule has 0 spiro atoms. The summed E-state index contributed by atoms with van der Waals surface area (Å²) in [5.74, 6) is -0.0123. The molecular formula is C20H22ClNO5. The molecule has 0 radical (unpaired) electrons. The number of aryl methyl sites for hydroxylation is 2. The Bertz CT molecular complexity index is 837. The standard InChI is InChI=1S/C20H22ClNO5/c1-12-5-7-17(13(2)9-12)26-11-19(23)27-14(3)20(24)22-15-6-8-18(25-4)16(21)10-15/h5-10,14H,11H2,1-4H3,(H,22,24)/t14-/m1/s1. The average molecular weight is 392 g/mol. The predicted molar refractivity (Wildman–Crippen MR) is 104 cm³/mol. The Labute approximate surface area is 163 Å².